The summed E-state index contributed by atoms with van der Waals surface area (Å²) in [6, 6.07) is 5.27. The molecule has 0 aliphatic rings. The molecular formula is C12H11IO3. The Hall–Kier alpha value is -1.04. The zero-order valence-corrected chi connectivity index (χ0v) is 11.1. The summed E-state index contributed by atoms with van der Waals surface area (Å²) in [4.78, 5) is 11.8. The molecule has 0 aliphatic heterocycles. The maximum Gasteiger partial charge on any atom is 0.205 e. The number of benzene rings is 1. The van der Waals surface area contributed by atoms with Crippen LogP contribution < -0.4 is 10.2 Å². The molecule has 0 radical (unpaired) electrons. The first-order chi connectivity index (χ1) is 7.58. The van der Waals surface area contributed by atoms with E-state index in [4.69, 9.17) is 9.15 Å². The fraction of sp³-hybridized carbons (Fsp3) is 0.250. The summed E-state index contributed by atoms with van der Waals surface area (Å²) in [7, 11) is 0. The second-order valence-electron chi connectivity index (χ2n) is 3.74. The van der Waals surface area contributed by atoms with E-state index in [9.17, 15) is 4.79 Å². The van der Waals surface area contributed by atoms with E-state index < -0.39 is 0 Å². The van der Waals surface area contributed by atoms with Gasteiger partial charge in [-0.15, -0.1) is 0 Å². The Balaban J connectivity index is 2.56. The molecule has 0 spiro atoms. The Bertz CT molecular complexity index is 572. The lowest BCUT2D eigenvalue weighted by atomic mass is 10.2. The molecule has 3 nitrogen and oxygen atoms in total. The molecule has 0 saturated carbocycles. The molecule has 84 valence electrons. The van der Waals surface area contributed by atoms with Crippen LogP contribution in [-0.4, -0.2) is 6.10 Å². The van der Waals surface area contributed by atoms with E-state index >= 15 is 0 Å². The van der Waals surface area contributed by atoms with E-state index in [1.165, 1.54) is 6.26 Å². The van der Waals surface area contributed by atoms with E-state index in [0.717, 1.165) is 0 Å². The molecule has 16 heavy (non-hydrogen) atoms. The highest BCUT2D eigenvalue weighted by molar-refractivity contribution is 14.1. The molecule has 0 N–H and O–H groups in total. The average molecular weight is 330 g/mol. The molecule has 1 aromatic carbocycles. The smallest absolute Gasteiger partial charge is 0.205 e. The lowest BCUT2D eigenvalue weighted by Gasteiger charge is -2.09. The van der Waals surface area contributed by atoms with Crippen molar-refractivity contribution >= 4 is 33.6 Å². The van der Waals surface area contributed by atoms with Gasteiger partial charge in [-0.3, -0.25) is 4.79 Å². The van der Waals surface area contributed by atoms with Crippen LogP contribution in [0, 0.1) is 3.57 Å². The minimum atomic E-state index is -0.00190. The molecule has 0 amide bonds. The van der Waals surface area contributed by atoms with Gasteiger partial charge in [0, 0.05) is 6.07 Å². The monoisotopic (exact) mass is 330 g/mol. The number of hydrogen-bond acceptors (Lipinski definition) is 3. The summed E-state index contributed by atoms with van der Waals surface area (Å²) < 4.78 is 11.5. The van der Waals surface area contributed by atoms with Crippen molar-refractivity contribution in [2.45, 2.75) is 20.0 Å². The molecule has 0 unspecified atom stereocenters. The van der Waals surface area contributed by atoms with Crippen molar-refractivity contribution in [1.82, 2.24) is 0 Å². The van der Waals surface area contributed by atoms with Gasteiger partial charge in [0.2, 0.25) is 5.43 Å². The first-order valence-electron chi connectivity index (χ1n) is 4.95. The highest BCUT2D eigenvalue weighted by Gasteiger charge is 2.06. The molecule has 2 rings (SSSR count). The predicted octanol–water partition coefficient (Wildman–Crippen LogP) is 3.18. The van der Waals surface area contributed by atoms with Crippen molar-refractivity contribution in [3.8, 4) is 5.75 Å². The zero-order chi connectivity index (χ0) is 11.7. The molecule has 1 aromatic heterocycles. The SMILES string of the molecule is CC(C)Oc1ccc2c(=O)c(I)coc2c1. The molecular weight excluding hydrogens is 319 g/mol. The number of fused-ring (bicyclic) bond motifs is 1. The Kier molecular flexibility index (Phi) is 3.18. The lowest BCUT2D eigenvalue weighted by molar-refractivity contribution is 0.242. The summed E-state index contributed by atoms with van der Waals surface area (Å²) in [6.07, 6.45) is 1.57. The quantitative estimate of drug-likeness (QED) is 0.794. The van der Waals surface area contributed by atoms with Gasteiger partial charge in [-0.05, 0) is 48.6 Å². The van der Waals surface area contributed by atoms with Crippen molar-refractivity contribution < 1.29 is 9.15 Å². The van der Waals surface area contributed by atoms with E-state index in [1.807, 2.05) is 36.4 Å². The first kappa shape index (κ1) is 11.4. The number of halogens is 1. The highest BCUT2D eigenvalue weighted by atomic mass is 127. The normalized spacial score (nSPS) is 11.0. The van der Waals surface area contributed by atoms with Crippen molar-refractivity contribution in [2.75, 3.05) is 0 Å². The Morgan fingerprint density at radius 3 is 2.81 bits per heavy atom. The van der Waals surface area contributed by atoms with Crippen LogP contribution in [0.5, 0.6) is 5.75 Å². The van der Waals surface area contributed by atoms with Crippen LogP contribution in [0.4, 0.5) is 0 Å². The second kappa shape index (κ2) is 4.45. The van der Waals surface area contributed by atoms with Gasteiger partial charge in [0.25, 0.3) is 0 Å². The van der Waals surface area contributed by atoms with Crippen LogP contribution >= 0.6 is 22.6 Å². The van der Waals surface area contributed by atoms with E-state index in [-0.39, 0.29) is 11.5 Å². The van der Waals surface area contributed by atoms with E-state index in [0.29, 0.717) is 20.3 Å². The van der Waals surface area contributed by atoms with Gasteiger partial charge in [0.15, 0.2) is 0 Å². The van der Waals surface area contributed by atoms with Crippen molar-refractivity contribution in [3.05, 3.63) is 38.3 Å². The molecule has 0 saturated heterocycles. The topological polar surface area (TPSA) is 39.4 Å². The largest absolute Gasteiger partial charge is 0.491 e. The third kappa shape index (κ3) is 2.21. The summed E-state index contributed by atoms with van der Waals surface area (Å²) in [5, 5.41) is 0.586. The standard InChI is InChI=1S/C12H11IO3/c1-7(2)16-8-3-4-9-11(5-8)15-6-10(13)12(9)14/h3-7H,1-2H3. The molecule has 0 fully saturated rings. The fourth-order valence-electron chi connectivity index (χ4n) is 1.43. The van der Waals surface area contributed by atoms with Gasteiger partial charge in [-0.1, -0.05) is 0 Å². The molecule has 0 aliphatic carbocycles. The van der Waals surface area contributed by atoms with Gasteiger partial charge in [-0.2, -0.15) is 0 Å². The summed E-state index contributed by atoms with van der Waals surface area (Å²) in [6.45, 7) is 3.91. The maximum absolute atomic E-state index is 11.8. The van der Waals surface area contributed by atoms with Crippen molar-refractivity contribution in [3.63, 3.8) is 0 Å². The van der Waals surface area contributed by atoms with Crippen LogP contribution in [0.3, 0.4) is 0 Å². The lowest BCUT2D eigenvalue weighted by Crippen LogP contribution is -2.07. The van der Waals surface area contributed by atoms with Crippen LogP contribution in [0.25, 0.3) is 11.0 Å². The van der Waals surface area contributed by atoms with Crippen molar-refractivity contribution in [2.24, 2.45) is 0 Å². The third-order valence-electron chi connectivity index (χ3n) is 2.08. The van der Waals surface area contributed by atoms with Gasteiger partial charge in [0.1, 0.15) is 17.6 Å². The van der Waals surface area contributed by atoms with Gasteiger partial charge < -0.3 is 9.15 Å². The summed E-state index contributed by atoms with van der Waals surface area (Å²) >= 11 is 1.96. The zero-order valence-electron chi connectivity index (χ0n) is 8.99. The average Bonchev–Trinajstić information content (AvgIpc) is 2.23. The van der Waals surface area contributed by atoms with Gasteiger partial charge >= 0.3 is 0 Å². The number of rotatable bonds is 2. The van der Waals surface area contributed by atoms with Crippen molar-refractivity contribution in [1.29, 1.82) is 0 Å². The summed E-state index contributed by atoms with van der Waals surface area (Å²) in [5.74, 6) is 0.715. The molecule has 0 atom stereocenters. The van der Waals surface area contributed by atoms with E-state index in [2.05, 4.69) is 0 Å². The predicted molar refractivity (Wildman–Crippen MR) is 71.0 cm³/mol. The highest BCUT2D eigenvalue weighted by Crippen LogP contribution is 2.20. The number of ether oxygens (including phenoxy) is 1. The molecule has 1 heterocycles. The summed E-state index contributed by atoms with van der Waals surface area (Å²) in [5.41, 5.74) is 0.557. The van der Waals surface area contributed by atoms with Gasteiger partial charge in [-0.25, -0.2) is 0 Å². The van der Waals surface area contributed by atoms with E-state index in [1.54, 1.807) is 18.2 Å². The third-order valence-corrected chi connectivity index (χ3v) is 2.82. The molecule has 0 bridgehead atoms. The fourth-order valence-corrected chi connectivity index (χ4v) is 1.85. The minimum Gasteiger partial charge on any atom is -0.491 e. The Morgan fingerprint density at radius 1 is 1.38 bits per heavy atom. The van der Waals surface area contributed by atoms with Gasteiger partial charge in [0.05, 0.1) is 15.1 Å². The van der Waals surface area contributed by atoms with Crippen LogP contribution in [0.15, 0.2) is 33.7 Å². The second-order valence-corrected chi connectivity index (χ2v) is 4.90. The van der Waals surface area contributed by atoms with Crippen LogP contribution in [0.2, 0.25) is 0 Å². The Morgan fingerprint density at radius 2 is 2.12 bits per heavy atom. The molecule has 4 heteroatoms. The molecule has 2 aromatic rings. The minimum absolute atomic E-state index is 0.00190. The Labute approximate surface area is 107 Å². The maximum atomic E-state index is 11.8. The first-order valence-corrected chi connectivity index (χ1v) is 6.03. The number of hydrogen-bond donors (Lipinski definition) is 0. The van der Waals surface area contributed by atoms with Crippen LogP contribution in [-0.2, 0) is 0 Å². The van der Waals surface area contributed by atoms with Crippen LogP contribution in [0.1, 0.15) is 13.8 Å².